The van der Waals surface area contributed by atoms with Crippen LogP contribution in [0.3, 0.4) is 0 Å². The molecule has 0 radical (unpaired) electrons. The third kappa shape index (κ3) is 1.38. The number of aliphatic hydroxyl groups is 1. The number of ether oxygens (including phenoxy) is 1. The van der Waals surface area contributed by atoms with Crippen molar-refractivity contribution in [3.8, 4) is 5.75 Å². The molecule has 0 saturated heterocycles. The summed E-state index contributed by atoms with van der Waals surface area (Å²) in [6, 6.07) is 4.64. The molecule has 1 aliphatic carbocycles. The van der Waals surface area contributed by atoms with Crippen LogP contribution in [0.2, 0.25) is 0 Å². The molecule has 1 saturated carbocycles. The van der Waals surface area contributed by atoms with E-state index in [-0.39, 0.29) is 5.75 Å². The zero-order valence-electron chi connectivity index (χ0n) is 8.09. The van der Waals surface area contributed by atoms with E-state index in [0.29, 0.717) is 5.56 Å². The number of hydrogen-bond donors (Lipinski definition) is 1. The Kier molecular flexibility index (Phi) is 2.19. The van der Waals surface area contributed by atoms with Crippen molar-refractivity contribution >= 4 is 0 Å². The van der Waals surface area contributed by atoms with E-state index < -0.39 is 11.4 Å². The third-order valence-electron chi connectivity index (χ3n) is 2.87. The van der Waals surface area contributed by atoms with Crippen LogP contribution in [0.5, 0.6) is 5.75 Å². The molecule has 3 heteroatoms. The fraction of sp³-hybridized carbons (Fsp3) is 0.455. The standard InChI is InChI=1S/C11H13FO2/c1-14-10-4-3-8(7-9(10)12)11(13)5-2-6-11/h3-4,7,13H,2,5-6H2,1H3. The summed E-state index contributed by atoms with van der Waals surface area (Å²) in [5.74, 6) is -0.193. The highest BCUT2D eigenvalue weighted by atomic mass is 19.1. The highest BCUT2D eigenvalue weighted by Gasteiger charge is 2.36. The summed E-state index contributed by atoms with van der Waals surface area (Å²) in [6.07, 6.45) is 2.45. The van der Waals surface area contributed by atoms with Crippen LogP contribution in [0, 0.1) is 5.82 Å². The van der Waals surface area contributed by atoms with Gasteiger partial charge in [-0.05, 0) is 37.0 Å². The summed E-state index contributed by atoms with van der Waals surface area (Å²) in [5.41, 5.74) is -0.144. The van der Waals surface area contributed by atoms with Crippen LogP contribution in [-0.2, 0) is 5.60 Å². The molecule has 2 rings (SSSR count). The van der Waals surface area contributed by atoms with E-state index in [9.17, 15) is 9.50 Å². The maximum absolute atomic E-state index is 13.3. The quantitative estimate of drug-likeness (QED) is 0.785. The Labute approximate surface area is 82.3 Å². The first kappa shape index (κ1) is 9.46. The van der Waals surface area contributed by atoms with Gasteiger partial charge in [-0.25, -0.2) is 4.39 Å². The van der Waals surface area contributed by atoms with Crippen molar-refractivity contribution in [3.05, 3.63) is 29.6 Å². The third-order valence-corrected chi connectivity index (χ3v) is 2.87. The van der Waals surface area contributed by atoms with Gasteiger partial charge in [0, 0.05) is 0 Å². The molecular weight excluding hydrogens is 183 g/mol. The summed E-state index contributed by atoms with van der Waals surface area (Å²) in [4.78, 5) is 0. The lowest BCUT2D eigenvalue weighted by atomic mass is 9.75. The van der Waals surface area contributed by atoms with Crippen molar-refractivity contribution in [2.24, 2.45) is 0 Å². The van der Waals surface area contributed by atoms with E-state index in [2.05, 4.69) is 0 Å². The maximum atomic E-state index is 13.3. The second kappa shape index (κ2) is 3.24. The molecule has 0 aromatic heterocycles. The lowest BCUT2D eigenvalue weighted by Gasteiger charge is -2.37. The molecule has 0 bridgehead atoms. The molecule has 0 heterocycles. The normalized spacial score (nSPS) is 18.8. The summed E-state index contributed by atoms with van der Waals surface area (Å²) >= 11 is 0. The lowest BCUT2D eigenvalue weighted by molar-refractivity contribution is -0.0390. The van der Waals surface area contributed by atoms with Crippen LogP contribution >= 0.6 is 0 Å². The van der Waals surface area contributed by atoms with Gasteiger partial charge in [-0.1, -0.05) is 6.07 Å². The second-order valence-electron chi connectivity index (χ2n) is 3.73. The Morgan fingerprint density at radius 3 is 2.57 bits per heavy atom. The van der Waals surface area contributed by atoms with Crippen LogP contribution in [0.25, 0.3) is 0 Å². The van der Waals surface area contributed by atoms with Gasteiger partial charge in [-0.2, -0.15) is 0 Å². The van der Waals surface area contributed by atoms with Gasteiger partial charge in [0.2, 0.25) is 0 Å². The van der Waals surface area contributed by atoms with Crippen LogP contribution < -0.4 is 4.74 Å². The molecule has 0 unspecified atom stereocenters. The molecule has 76 valence electrons. The van der Waals surface area contributed by atoms with Gasteiger partial charge in [0.1, 0.15) is 0 Å². The van der Waals surface area contributed by atoms with Crippen molar-refractivity contribution in [2.75, 3.05) is 7.11 Å². The largest absolute Gasteiger partial charge is 0.494 e. The first-order chi connectivity index (χ1) is 6.65. The molecule has 0 spiro atoms. The minimum atomic E-state index is -0.799. The van der Waals surface area contributed by atoms with Crippen molar-refractivity contribution < 1.29 is 14.2 Å². The van der Waals surface area contributed by atoms with Gasteiger partial charge in [0.05, 0.1) is 12.7 Å². The molecule has 0 atom stereocenters. The second-order valence-corrected chi connectivity index (χ2v) is 3.73. The molecule has 0 amide bonds. The summed E-state index contributed by atoms with van der Waals surface area (Å²) < 4.78 is 18.1. The van der Waals surface area contributed by atoms with E-state index in [1.54, 1.807) is 12.1 Å². The molecule has 1 aromatic rings. The van der Waals surface area contributed by atoms with E-state index in [0.717, 1.165) is 19.3 Å². The Hall–Kier alpha value is -1.09. The molecular formula is C11H13FO2. The highest BCUT2D eigenvalue weighted by molar-refractivity contribution is 5.33. The number of methoxy groups -OCH3 is 1. The zero-order valence-corrected chi connectivity index (χ0v) is 8.09. The van der Waals surface area contributed by atoms with Gasteiger partial charge in [-0.15, -0.1) is 0 Å². The van der Waals surface area contributed by atoms with Gasteiger partial charge in [-0.3, -0.25) is 0 Å². The van der Waals surface area contributed by atoms with Gasteiger partial charge < -0.3 is 9.84 Å². The van der Waals surface area contributed by atoms with Gasteiger partial charge in [0.25, 0.3) is 0 Å². The monoisotopic (exact) mass is 196 g/mol. The Bertz CT molecular complexity index is 345. The smallest absolute Gasteiger partial charge is 0.165 e. The fourth-order valence-corrected chi connectivity index (χ4v) is 1.76. The average Bonchev–Trinajstić information content (AvgIpc) is 2.14. The van der Waals surface area contributed by atoms with Crippen LogP contribution in [0.15, 0.2) is 18.2 Å². The predicted molar refractivity (Wildman–Crippen MR) is 50.7 cm³/mol. The SMILES string of the molecule is COc1ccc(C2(O)CCC2)cc1F. The number of halogens is 1. The molecule has 1 N–H and O–H groups in total. The predicted octanol–water partition coefficient (Wildman–Crippen LogP) is 2.21. The summed E-state index contributed by atoms with van der Waals surface area (Å²) in [6.45, 7) is 0. The van der Waals surface area contributed by atoms with E-state index in [4.69, 9.17) is 4.74 Å². The van der Waals surface area contributed by atoms with E-state index in [1.807, 2.05) is 0 Å². The first-order valence-electron chi connectivity index (χ1n) is 4.72. The number of rotatable bonds is 2. The molecule has 14 heavy (non-hydrogen) atoms. The van der Waals surface area contributed by atoms with Crippen LogP contribution in [-0.4, -0.2) is 12.2 Å². The van der Waals surface area contributed by atoms with Crippen LogP contribution in [0.4, 0.5) is 4.39 Å². The molecule has 0 aliphatic heterocycles. The Balaban J connectivity index is 2.32. The summed E-state index contributed by atoms with van der Waals surface area (Å²) in [7, 11) is 1.43. The maximum Gasteiger partial charge on any atom is 0.165 e. The fourth-order valence-electron chi connectivity index (χ4n) is 1.76. The molecule has 1 fully saturated rings. The van der Waals surface area contributed by atoms with Crippen molar-refractivity contribution in [1.29, 1.82) is 0 Å². The Morgan fingerprint density at radius 2 is 2.14 bits per heavy atom. The van der Waals surface area contributed by atoms with Crippen LogP contribution in [0.1, 0.15) is 24.8 Å². The molecule has 1 aliphatic rings. The Morgan fingerprint density at radius 1 is 1.43 bits per heavy atom. The van der Waals surface area contributed by atoms with E-state index in [1.165, 1.54) is 13.2 Å². The highest BCUT2D eigenvalue weighted by Crippen LogP contribution is 2.41. The van der Waals surface area contributed by atoms with Gasteiger partial charge in [0.15, 0.2) is 11.6 Å². The van der Waals surface area contributed by atoms with Crippen molar-refractivity contribution in [2.45, 2.75) is 24.9 Å². The average molecular weight is 196 g/mol. The van der Waals surface area contributed by atoms with E-state index >= 15 is 0 Å². The number of benzene rings is 1. The minimum absolute atomic E-state index is 0.219. The topological polar surface area (TPSA) is 29.5 Å². The molecule has 1 aromatic carbocycles. The minimum Gasteiger partial charge on any atom is -0.494 e. The van der Waals surface area contributed by atoms with Crippen molar-refractivity contribution in [1.82, 2.24) is 0 Å². The lowest BCUT2D eigenvalue weighted by Crippen LogP contribution is -2.33. The number of hydrogen-bond acceptors (Lipinski definition) is 2. The molecule has 2 nitrogen and oxygen atoms in total. The summed E-state index contributed by atoms with van der Waals surface area (Å²) in [5, 5.41) is 9.96. The van der Waals surface area contributed by atoms with Gasteiger partial charge >= 0.3 is 0 Å². The first-order valence-corrected chi connectivity index (χ1v) is 4.72. The zero-order chi connectivity index (χ0) is 10.2. The van der Waals surface area contributed by atoms with Crippen molar-refractivity contribution in [3.63, 3.8) is 0 Å².